The zero-order chi connectivity index (χ0) is 14.8. The molecular weight excluding hydrogens is 272 g/mol. The largest absolute Gasteiger partial charge is 0.310 e. The zero-order valence-electron chi connectivity index (χ0n) is 12.2. The van der Waals surface area contributed by atoms with Crippen molar-refractivity contribution >= 4 is 10.0 Å². The van der Waals surface area contributed by atoms with Crippen LogP contribution in [0.3, 0.4) is 0 Å². The van der Waals surface area contributed by atoms with Crippen LogP contribution in [-0.2, 0) is 10.0 Å². The highest BCUT2D eigenvalue weighted by Gasteiger charge is 2.23. The quantitative estimate of drug-likeness (QED) is 0.876. The molecule has 1 aromatic carbocycles. The molecule has 112 valence electrons. The number of benzene rings is 1. The first kappa shape index (κ1) is 15.5. The van der Waals surface area contributed by atoms with Gasteiger partial charge in [0, 0.05) is 6.04 Å². The van der Waals surface area contributed by atoms with Crippen molar-refractivity contribution < 1.29 is 8.42 Å². The Morgan fingerprint density at radius 3 is 2.45 bits per heavy atom. The Morgan fingerprint density at radius 1 is 1.30 bits per heavy atom. The van der Waals surface area contributed by atoms with Gasteiger partial charge in [-0.15, -0.1) is 0 Å². The lowest BCUT2D eigenvalue weighted by Crippen LogP contribution is -2.27. The molecule has 0 radical (unpaired) electrons. The first-order valence-electron chi connectivity index (χ1n) is 7.24. The standard InChI is InChI=1S/C15H24N2O2S/c1-11-4-3-5-14(11)10-17-12(2)13-6-8-15(9-7-13)20(16,18)19/h6-9,11-12,14,17H,3-5,10H2,1-2H3,(H2,16,18,19). The molecule has 0 amide bonds. The molecule has 0 heterocycles. The van der Waals surface area contributed by atoms with Gasteiger partial charge in [0.1, 0.15) is 0 Å². The Kier molecular flexibility index (Phi) is 4.83. The molecule has 4 nitrogen and oxygen atoms in total. The van der Waals surface area contributed by atoms with E-state index >= 15 is 0 Å². The summed E-state index contributed by atoms with van der Waals surface area (Å²) < 4.78 is 22.4. The van der Waals surface area contributed by atoms with Gasteiger partial charge in [-0.05, 0) is 49.4 Å². The van der Waals surface area contributed by atoms with Crippen molar-refractivity contribution in [2.75, 3.05) is 6.54 Å². The van der Waals surface area contributed by atoms with Gasteiger partial charge in [-0.25, -0.2) is 13.6 Å². The molecule has 20 heavy (non-hydrogen) atoms. The highest BCUT2D eigenvalue weighted by molar-refractivity contribution is 7.89. The highest BCUT2D eigenvalue weighted by atomic mass is 32.2. The molecule has 1 aliphatic carbocycles. The lowest BCUT2D eigenvalue weighted by molar-refractivity contribution is 0.375. The van der Waals surface area contributed by atoms with E-state index in [0.717, 1.165) is 23.9 Å². The fourth-order valence-corrected chi connectivity index (χ4v) is 3.43. The van der Waals surface area contributed by atoms with E-state index in [2.05, 4.69) is 19.2 Å². The summed E-state index contributed by atoms with van der Waals surface area (Å²) >= 11 is 0. The SMILES string of the molecule is CC(NCC1CCCC1C)c1ccc(S(N)(=O)=O)cc1. The van der Waals surface area contributed by atoms with E-state index in [4.69, 9.17) is 5.14 Å². The third kappa shape index (κ3) is 3.81. The third-order valence-electron chi connectivity index (χ3n) is 4.43. The van der Waals surface area contributed by atoms with Gasteiger partial charge in [0.05, 0.1) is 4.90 Å². The number of sulfonamides is 1. The summed E-state index contributed by atoms with van der Waals surface area (Å²) in [6.45, 7) is 5.45. The molecule has 1 saturated carbocycles. The Hall–Kier alpha value is -0.910. The smallest absolute Gasteiger partial charge is 0.238 e. The summed E-state index contributed by atoms with van der Waals surface area (Å²) in [7, 11) is -3.60. The van der Waals surface area contributed by atoms with Crippen LogP contribution in [-0.4, -0.2) is 15.0 Å². The van der Waals surface area contributed by atoms with E-state index < -0.39 is 10.0 Å². The van der Waals surface area contributed by atoms with E-state index in [9.17, 15) is 8.42 Å². The molecule has 5 heteroatoms. The third-order valence-corrected chi connectivity index (χ3v) is 5.36. The van der Waals surface area contributed by atoms with Crippen molar-refractivity contribution in [3.05, 3.63) is 29.8 Å². The zero-order valence-corrected chi connectivity index (χ0v) is 13.0. The summed E-state index contributed by atoms with van der Waals surface area (Å²) in [6, 6.07) is 7.02. The predicted molar refractivity (Wildman–Crippen MR) is 80.7 cm³/mol. The summed E-state index contributed by atoms with van der Waals surface area (Å²) in [6.07, 6.45) is 3.99. The molecule has 0 spiro atoms. The highest BCUT2D eigenvalue weighted by Crippen LogP contribution is 2.31. The molecule has 0 aromatic heterocycles. The van der Waals surface area contributed by atoms with Crippen LogP contribution in [0.5, 0.6) is 0 Å². The molecular formula is C15H24N2O2S. The van der Waals surface area contributed by atoms with Gasteiger partial charge in [0.15, 0.2) is 0 Å². The van der Waals surface area contributed by atoms with Crippen LogP contribution in [0, 0.1) is 11.8 Å². The van der Waals surface area contributed by atoms with E-state index in [-0.39, 0.29) is 10.9 Å². The first-order chi connectivity index (χ1) is 9.38. The van der Waals surface area contributed by atoms with Gasteiger partial charge in [0.2, 0.25) is 10.0 Å². The minimum Gasteiger partial charge on any atom is -0.310 e. The number of rotatable bonds is 5. The molecule has 3 N–H and O–H groups in total. The van der Waals surface area contributed by atoms with Crippen LogP contribution in [0.4, 0.5) is 0 Å². The minimum absolute atomic E-state index is 0.165. The summed E-state index contributed by atoms with van der Waals surface area (Å²) in [5.74, 6) is 1.57. The van der Waals surface area contributed by atoms with Crippen molar-refractivity contribution in [3.8, 4) is 0 Å². The van der Waals surface area contributed by atoms with E-state index in [1.54, 1.807) is 12.1 Å². The maximum Gasteiger partial charge on any atom is 0.238 e. The maximum atomic E-state index is 11.2. The molecule has 3 unspecified atom stereocenters. The molecule has 1 aliphatic rings. The number of hydrogen-bond donors (Lipinski definition) is 2. The number of primary sulfonamides is 1. The lowest BCUT2D eigenvalue weighted by Gasteiger charge is -2.20. The molecule has 1 aromatic rings. The molecule has 1 fully saturated rings. The van der Waals surface area contributed by atoms with Gasteiger partial charge in [0.25, 0.3) is 0 Å². The van der Waals surface area contributed by atoms with Gasteiger partial charge in [-0.1, -0.05) is 31.9 Å². The van der Waals surface area contributed by atoms with Crippen LogP contribution in [0.1, 0.15) is 44.7 Å². The second-order valence-corrected chi connectivity index (χ2v) is 7.47. The van der Waals surface area contributed by atoms with Crippen LogP contribution in [0.25, 0.3) is 0 Å². The van der Waals surface area contributed by atoms with Gasteiger partial charge < -0.3 is 5.32 Å². The Balaban J connectivity index is 1.94. The van der Waals surface area contributed by atoms with Crippen molar-refractivity contribution in [2.24, 2.45) is 17.0 Å². The molecule has 0 aliphatic heterocycles. The number of hydrogen-bond acceptors (Lipinski definition) is 3. The Labute approximate surface area is 121 Å². The van der Waals surface area contributed by atoms with Crippen LogP contribution in [0.2, 0.25) is 0 Å². The second-order valence-electron chi connectivity index (χ2n) is 5.91. The van der Waals surface area contributed by atoms with Gasteiger partial charge in [-0.3, -0.25) is 0 Å². The van der Waals surface area contributed by atoms with E-state index in [1.165, 1.54) is 19.3 Å². The Bertz CT molecular complexity index is 539. The van der Waals surface area contributed by atoms with Crippen molar-refractivity contribution in [2.45, 2.75) is 44.0 Å². The van der Waals surface area contributed by atoms with Crippen molar-refractivity contribution in [1.82, 2.24) is 5.32 Å². The number of nitrogens with two attached hydrogens (primary N) is 1. The summed E-state index contributed by atoms with van der Waals surface area (Å²) in [4.78, 5) is 0.165. The monoisotopic (exact) mass is 296 g/mol. The fraction of sp³-hybridized carbons (Fsp3) is 0.600. The molecule has 2 rings (SSSR count). The molecule has 0 bridgehead atoms. The lowest BCUT2D eigenvalue weighted by atomic mass is 9.97. The molecule has 0 saturated heterocycles. The van der Waals surface area contributed by atoms with Crippen LogP contribution < -0.4 is 10.5 Å². The van der Waals surface area contributed by atoms with Crippen LogP contribution >= 0.6 is 0 Å². The fourth-order valence-electron chi connectivity index (χ4n) is 2.92. The minimum atomic E-state index is -3.60. The molecule has 3 atom stereocenters. The predicted octanol–water partition coefficient (Wildman–Crippen LogP) is 2.42. The van der Waals surface area contributed by atoms with Crippen LogP contribution in [0.15, 0.2) is 29.2 Å². The summed E-state index contributed by atoms with van der Waals surface area (Å²) in [5.41, 5.74) is 1.09. The maximum absolute atomic E-state index is 11.2. The Morgan fingerprint density at radius 2 is 1.95 bits per heavy atom. The van der Waals surface area contributed by atoms with E-state index in [1.807, 2.05) is 12.1 Å². The van der Waals surface area contributed by atoms with Gasteiger partial charge >= 0.3 is 0 Å². The van der Waals surface area contributed by atoms with E-state index in [0.29, 0.717) is 0 Å². The van der Waals surface area contributed by atoms with Crippen molar-refractivity contribution in [3.63, 3.8) is 0 Å². The topological polar surface area (TPSA) is 72.2 Å². The number of nitrogens with one attached hydrogen (secondary N) is 1. The second kappa shape index (κ2) is 6.24. The summed E-state index contributed by atoms with van der Waals surface area (Å²) in [5, 5.41) is 8.64. The first-order valence-corrected chi connectivity index (χ1v) is 8.78. The average molecular weight is 296 g/mol. The van der Waals surface area contributed by atoms with Gasteiger partial charge in [-0.2, -0.15) is 0 Å². The normalized spacial score (nSPS) is 24.8. The average Bonchev–Trinajstić information content (AvgIpc) is 2.81. The van der Waals surface area contributed by atoms with Crippen molar-refractivity contribution in [1.29, 1.82) is 0 Å².